The number of amides is 6. The first-order valence-electron chi connectivity index (χ1n) is 34.5. The number of carbonyl (C=O) groups is 5. The maximum absolute atomic E-state index is 13.7. The van der Waals surface area contributed by atoms with E-state index in [1.165, 1.54) is 0 Å². The summed E-state index contributed by atoms with van der Waals surface area (Å²) in [6.07, 6.45) is 5.60. The third kappa shape index (κ3) is 53.1. The Morgan fingerprint density at radius 1 is 0.590 bits per heavy atom. The van der Waals surface area contributed by atoms with Gasteiger partial charge in [0.1, 0.15) is 24.4 Å². The molecule has 7 N–H and O–H groups in total. The average Bonchev–Trinajstić information content (AvgIpc) is 1.06. The molecule has 1 aromatic heterocycles. The zero-order valence-corrected chi connectivity index (χ0v) is 63.6. The van der Waals surface area contributed by atoms with E-state index in [0.29, 0.717) is 212 Å². The SMILES string of the molecule is CCC(C)(C)SCC(CSC(C)(C)C)=NOCC(=O)N[C@H](C(=O)N[C@@H](CCCNC(N)=O)C(=O)Nc1ccc(COC(=O)NCc2cn(CCOCCOCCOCCOCCOCCOCCOCCOCCOCCOCCOCCOCCOCCC(C)SC)nn2)cc1)C(C)C. The van der Waals surface area contributed by atoms with Crippen molar-refractivity contribution in [1.82, 2.24) is 36.3 Å². The number of carbonyl (C=O) groups excluding carboxylic acids is 5. The van der Waals surface area contributed by atoms with Gasteiger partial charge in [0, 0.05) is 45.1 Å². The van der Waals surface area contributed by atoms with E-state index in [4.69, 9.17) is 76.9 Å². The fourth-order valence-corrected chi connectivity index (χ4v) is 9.96. The summed E-state index contributed by atoms with van der Waals surface area (Å²) in [5.41, 5.74) is 7.62. The monoisotopic (exact) mass is 1480 g/mol. The van der Waals surface area contributed by atoms with Gasteiger partial charge in [-0.05, 0) is 55.6 Å². The molecule has 6 amide bonds. The molecule has 0 aliphatic rings. The number of hydrogen-bond donors (Lipinski definition) is 6. The second-order valence-electron chi connectivity index (χ2n) is 24.4. The van der Waals surface area contributed by atoms with Crippen molar-refractivity contribution in [3.8, 4) is 0 Å². The van der Waals surface area contributed by atoms with Gasteiger partial charge in [-0.1, -0.05) is 84.8 Å². The van der Waals surface area contributed by atoms with Crippen molar-refractivity contribution >= 4 is 76.5 Å². The molecule has 33 heteroatoms. The van der Waals surface area contributed by atoms with Crippen LogP contribution in [0, 0.1) is 5.92 Å². The quantitative estimate of drug-likeness (QED) is 0.0255. The molecule has 0 aliphatic heterocycles. The number of rotatable bonds is 66. The zero-order valence-electron chi connectivity index (χ0n) is 61.1. The Hall–Kier alpha value is -4.69. The first-order chi connectivity index (χ1) is 48.2. The minimum Gasteiger partial charge on any atom is -0.445 e. The van der Waals surface area contributed by atoms with Crippen molar-refractivity contribution in [3.05, 3.63) is 41.7 Å². The Balaban J connectivity index is 1.48. The van der Waals surface area contributed by atoms with E-state index in [1.807, 2.05) is 11.8 Å². The highest BCUT2D eigenvalue weighted by atomic mass is 32.2. The molecular weight excluding hydrogens is 1360 g/mol. The molecule has 0 bridgehead atoms. The standard InChI is InChI=1S/C67H120N10O20S3/c1-11-67(8,9)100-52-58(51-99-66(5,6)7)75-97-50-60(78)73-61(53(2)3)63(80)72-59(13-12-19-69-64(68)81)62(79)71-56-16-14-55(15-17-56)49-96-65(82)70-47-57-48-77(76-74-57)20-22-84-24-26-86-28-30-88-32-34-90-36-38-92-40-42-94-44-46-95-45-43-93-41-39-91-37-35-89-33-31-87-29-27-85-25-23-83-21-18-54(4)98-10/h14-17,48,53-54,59,61H,11-13,18-47,49-52H2,1-10H3,(H,70,82)(H,71,79)(H,72,80)(H,73,78)(H3,68,69,81)/t54?,59-,61-/m0/s1. The number of urea groups is 1. The largest absolute Gasteiger partial charge is 0.445 e. The third-order valence-corrected chi connectivity index (χ3v) is 17.9. The smallest absolute Gasteiger partial charge is 0.407 e. The van der Waals surface area contributed by atoms with Crippen LogP contribution in [0.4, 0.5) is 15.3 Å². The summed E-state index contributed by atoms with van der Waals surface area (Å²) in [7, 11) is 0. The molecule has 1 aromatic carbocycles. The number of alkyl carbamates (subject to hydrolysis) is 1. The van der Waals surface area contributed by atoms with Crippen LogP contribution in [0.25, 0.3) is 0 Å². The Kier molecular flexibility index (Phi) is 54.5. The van der Waals surface area contributed by atoms with Crippen molar-refractivity contribution in [3.63, 3.8) is 0 Å². The fourth-order valence-electron chi connectivity index (χ4n) is 7.83. The van der Waals surface area contributed by atoms with E-state index < -0.39 is 48.5 Å². The van der Waals surface area contributed by atoms with Gasteiger partial charge < -0.3 is 103 Å². The van der Waals surface area contributed by atoms with Crippen LogP contribution in [0.15, 0.2) is 35.6 Å². The molecule has 0 radical (unpaired) electrons. The molecule has 30 nitrogen and oxygen atoms in total. The lowest BCUT2D eigenvalue weighted by atomic mass is 10.0. The van der Waals surface area contributed by atoms with Gasteiger partial charge in [0.05, 0.1) is 190 Å². The molecular formula is C67H120N10O20S3. The van der Waals surface area contributed by atoms with Crippen molar-refractivity contribution in [2.45, 2.75) is 135 Å². The number of ether oxygens (including phenoxy) is 14. The van der Waals surface area contributed by atoms with Gasteiger partial charge >= 0.3 is 12.1 Å². The van der Waals surface area contributed by atoms with Gasteiger partial charge in [-0.2, -0.15) is 11.8 Å². The minimum absolute atomic E-state index is 0.00424. The molecule has 1 heterocycles. The molecule has 0 aliphatic carbocycles. The zero-order chi connectivity index (χ0) is 73.2. The number of oxime groups is 1. The van der Waals surface area contributed by atoms with Crippen LogP contribution in [0.5, 0.6) is 0 Å². The molecule has 0 spiro atoms. The average molecular weight is 1480 g/mol. The number of benzene rings is 1. The van der Waals surface area contributed by atoms with Gasteiger partial charge in [-0.3, -0.25) is 14.4 Å². The van der Waals surface area contributed by atoms with Crippen LogP contribution in [-0.4, -0.2) is 280 Å². The van der Waals surface area contributed by atoms with Crippen LogP contribution in [0.1, 0.15) is 99.3 Å². The number of nitrogens with two attached hydrogens (primary N) is 1. The van der Waals surface area contributed by atoms with Crippen LogP contribution >= 0.6 is 35.3 Å². The Morgan fingerprint density at radius 3 is 1.49 bits per heavy atom. The van der Waals surface area contributed by atoms with Gasteiger partial charge in [-0.25, -0.2) is 14.3 Å². The van der Waals surface area contributed by atoms with E-state index in [1.54, 1.807) is 72.5 Å². The van der Waals surface area contributed by atoms with Crippen LogP contribution in [-0.2, 0) is 105 Å². The van der Waals surface area contributed by atoms with Gasteiger partial charge in [-0.15, -0.1) is 28.6 Å². The summed E-state index contributed by atoms with van der Waals surface area (Å²) in [5, 5.41) is 26.6. The Bertz CT molecular complexity index is 2440. The lowest BCUT2D eigenvalue weighted by Gasteiger charge is -2.25. The Labute approximate surface area is 606 Å². The normalized spacial score (nSPS) is 12.9. The summed E-state index contributed by atoms with van der Waals surface area (Å²) in [4.78, 5) is 70.1. The lowest BCUT2D eigenvalue weighted by Crippen LogP contribution is -2.55. The third-order valence-electron chi connectivity index (χ3n) is 14.0. The van der Waals surface area contributed by atoms with Crippen LogP contribution in [0.3, 0.4) is 0 Å². The number of nitrogens with zero attached hydrogens (tertiary/aromatic N) is 4. The number of hydrogen-bond acceptors (Lipinski definition) is 26. The molecule has 1 unspecified atom stereocenters. The minimum atomic E-state index is -1.06. The summed E-state index contributed by atoms with van der Waals surface area (Å²) in [6, 6.07) is 3.83. The highest BCUT2D eigenvalue weighted by Gasteiger charge is 2.29. The number of thioether (sulfide) groups is 3. The van der Waals surface area contributed by atoms with E-state index >= 15 is 0 Å². The van der Waals surface area contributed by atoms with Crippen LogP contribution < -0.4 is 32.3 Å². The predicted molar refractivity (Wildman–Crippen MR) is 388 cm³/mol. The van der Waals surface area contributed by atoms with E-state index in [0.717, 1.165) is 25.2 Å². The molecule has 100 heavy (non-hydrogen) atoms. The summed E-state index contributed by atoms with van der Waals surface area (Å²) < 4.78 is 79.1. The molecule has 0 saturated carbocycles. The lowest BCUT2D eigenvalue weighted by molar-refractivity contribution is -0.133. The maximum atomic E-state index is 13.7. The highest BCUT2D eigenvalue weighted by Crippen LogP contribution is 2.30. The maximum Gasteiger partial charge on any atom is 0.407 e. The summed E-state index contributed by atoms with van der Waals surface area (Å²) in [5.74, 6) is -0.748. The first kappa shape index (κ1) is 91.4. The number of anilines is 1. The predicted octanol–water partition coefficient (Wildman–Crippen LogP) is 5.90. The number of primary amides is 1. The molecule has 0 saturated heterocycles. The number of nitrogens with one attached hydrogen (secondary N) is 5. The topological polar surface area (TPSA) is 353 Å². The number of aromatic nitrogens is 3. The van der Waals surface area contributed by atoms with Crippen molar-refractivity contribution in [2.75, 3.05) is 208 Å². The summed E-state index contributed by atoms with van der Waals surface area (Å²) in [6.45, 7) is 31.4. The molecule has 0 fully saturated rings. The van der Waals surface area contributed by atoms with E-state index in [9.17, 15) is 24.0 Å². The van der Waals surface area contributed by atoms with Gasteiger partial charge in [0.15, 0.2) is 6.61 Å². The van der Waals surface area contributed by atoms with E-state index in [-0.39, 0.29) is 41.5 Å². The van der Waals surface area contributed by atoms with Crippen molar-refractivity contribution < 1.29 is 95.1 Å². The van der Waals surface area contributed by atoms with Gasteiger partial charge in [0.2, 0.25) is 11.8 Å². The Morgan fingerprint density at radius 2 is 1.05 bits per heavy atom. The molecule has 576 valence electrons. The molecule has 2 rings (SSSR count). The molecule has 3 atom stereocenters. The van der Waals surface area contributed by atoms with Crippen LogP contribution in [0.2, 0.25) is 0 Å². The second-order valence-corrected chi connectivity index (χ2v) is 29.2. The van der Waals surface area contributed by atoms with E-state index in [2.05, 4.69) is 96.8 Å². The fraction of sp³-hybridized carbons (Fsp3) is 0.791. The first-order valence-corrected chi connectivity index (χ1v) is 37.8. The highest BCUT2D eigenvalue weighted by molar-refractivity contribution is 8.02. The molecule has 2 aromatic rings. The van der Waals surface area contributed by atoms with Gasteiger partial charge in [0.25, 0.3) is 5.91 Å². The van der Waals surface area contributed by atoms with Crippen molar-refractivity contribution in [1.29, 1.82) is 0 Å². The summed E-state index contributed by atoms with van der Waals surface area (Å²) >= 11 is 5.35. The second kappa shape index (κ2) is 59.7. The van der Waals surface area contributed by atoms with Crippen molar-refractivity contribution in [2.24, 2.45) is 16.8 Å².